The van der Waals surface area contributed by atoms with Crippen LogP contribution in [0.2, 0.25) is 15.1 Å². The van der Waals surface area contributed by atoms with Gasteiger partial charge in [-0.1, -0.05) is 59.1 Å². The summed E-state index contributed by atoms with van der Waals surface area (Å²) in [5, 5.41) is 1.18. The molecule has 0 aliphatic carbocycles. The van der Waals surface area contributed by atoms with Crippen molar-refractivity contribution in [3.63, 3.8) is 0 Å². The van der Waals surface area contributed by atoms with Crippen LogP contribution in [0, 0.1) is 0 Å². The molecule has 33 heavy (non-hydrogen) atoms. The van der Waals surface area contributed by atoms with Crippen molar-refractivity contribution in [3.05, 3.63) is 92.9 Å². The zero-order valence-corrected chi connectivity index (χ0v) is 20.8. The molecule has 0 radical (unpaired) electrons. The number of hydrogen-bond donors (Lipinski definition) is 0. The Bertz CT molecular complexity index is 1300. The first-order chi connectivity index (χ1) is 15.7. The molecule has 172 valence electrons. The minimum atomic E-state index is -4.03. The van der Waals surface area contributed by atoms with Crippen molar-refractivity contribution in [2.24, 2.45) is 0 Å². The van der Waals surface area contributed by atoms with Gasteiger partial charge in [0.2, 0.25) is 15.9 Å². The smallest absolute Gasteiger partial charge is 0.243 e. The summed E-state index contributed by atoms with van der Waals surface area (Å²) in [6.07, 6.45) is 0.717. The number of amides is 1. The fraction of sp³-hybridized carbons (Fsp3) is 0.208. The number of hydrogen-bond acceptors (Lipinski definition) is 3. The molecule has 1 atom stereocenters. The van der Waals surface area contributed by atoms with Gasteiger partial charge in [-0.25, -0.2) is 8.42 Å². The number of fused-ring (bicyclic) bond motifs is 1. The van der Waals surface area contributed by atoms with Gasteiger partial charge in [-0.05, 0) is 66.9 Å². The molecule has 5 nitrogen and oxygen atoms in total. The number of rotatable bonds is 6. The Labute approximate surface area is 208 Å². The van der Waals surface area contributed by atoms with E-state index in [4.69, 9.17) is 34.8 Å². The van der Waals surface area contributed by atoms with Gasteiger partial charge in [0.15, 0.2) is 0 Å². The molecule has 0 bridgehead atoms. The lowest BCUT2D eigenvalue weighted by atomic mass is 10.1. The van der Waals surface area contributed by atoms with Crippen molar-refractivity contribution in [3.8, 4) is 0 Å². The normalized spacial score (nSPS) is 15.7. The molecule has 1 aliphatic rings. The van der Waals surface area contributed by atoms with Crippen LogP contribution in [0.25, 0.3) is 0 Å². The van der Waals surface area contributed by atoms with Crippen LogP contribution in [0.4, 0.5) is 5.69 Å². The predicted molar refractivity (Wildman–Crippen MR) is 133 cm³/mol. The van der Waals surface area contributed by atoms with Gasteiger partial charge >= 0.3 is 0 Å². The van der Waals surface area contributed by atoms with E-state index in [2.05, 4.69) is 0 Å². The van der Waals surface area contributed by atoms with E-state index in [1.54, 1.807) is 23.1 Å². The van der Waals surface area contributed by atoms with E-state index in [0.29, 0.717) is 20.6 Å². The second-order valence-corrected chi connectivity index (χ2v) is 11.1. The predicted octanol–water partition coefficient (Wildman–Crippen LogP) is 5.82. The van der Waals surface area contributed by atoms with Gasteiger partial charge in [-0.3, -0.25) is 4.79 Å². The van der Waals surface area contributed by atoms with Crippen LogP contribution in [0.1, 0.15) is 18.1 Å². The Morgan fingerprint density at radius 1 is 1.00 bits per heavy atom. The largest absolute Gasteiger partial charge is 0.308 e. The van der Waals surface area contributed by atoms with E-state index in [1.807, 2.05) is 31.2 Å². The Morgan fingerprint density at radius 3 is 2.36 bits per heavy atom. The maximum Gasteiger partial charge on any atom is 0.243 e. The maximum atomic E-state index is 13.5. The van der Waals surface area contributed by atoms with Crippen molar-refractivity contribution in [1.82, 2.24) is 4.31 Å². The van der Waals surface area contributed by atoms with E-state index in [0.717, 1.165) is 22.0 Å². The van der Waals surface area contributed by atoms with Gasteiger partial charge in [0.1, 0.15) is 0 Å². The summed E-state index contributed by atoms with van der Waals surface area (Å²) < 4.78 is 28.2. The summed E-state index contributed by atoms with van der Waals surface area (Å²) >= 11 is 18.3. The van der Waals surface area contributed by atoms with E-state index in [-0.39, 0.29) is 29.9 Å². The molecule has 0 aromatic heterocycles. The Balaban J connectivity index is 1.69. The molecular formula is C24H21Cl3N2O3S. The van der Waals surface area contributed by atoms with E-state index in [1.165, 1.54) is 24.3 Å². The molecule has 3 aromatic rings. The number of nitrogens with zero attached hydrogens (tertiary/aromatic N) is 2. The molecule has 3 aromatic carbocycles. The van der Waals surface area contributed by atoms with Gasteiger partial charge < -0.3 is 4.90 Å². The standard InChI is InChI=1S/C24H21Cl3N2O3S/c1-16-12-17-4-2-3-5-23(17)29(16)24(30)15-28(14-18-6-7-20(26)13-22(18)27)33(31,32)21-10-8-19(25)9-11-21/h2-11,13,16H,12,14-15H2,1H3. The van der Waals surface area contributed by atoms with Crippen LogP contribution >= 0.6 is 34.8 Å². The molecule has 0 fully saturated rings. The number of anilines is 1. The van der Waals surface area contributed by atoms with Crippen LogP contribution in [-0.2, 0) is 27.8 Å². The average Bonchev–Trinajstić information content (AvgIpc) is 3.11. The Hall–Kier alpha value is -2.09. The summed E-state index contributed by atoms with van der Waals surface area (Å²) in [5.41, 5.74) is 2.41. The van der Waals surface area contributed by atoms with Crippen molar-refractivity contribution in [1.29, 1.82) is 0 Å². The molecule has 1 amide bonds. The summed E-state index contributed by atoms with van der Waals surface area (Å²) in [7, 11) is -4.03. The van der Waals surface area contributed by atoms with Crippen molar-refractivity contribution in [2.45, 2.75) is 30.8 Å². The summed E-state index contributed by atoms with van der Waals surface area (Å²) in [5.74, 6) is -0.310. The topological polar surface area (TPSA) is 57.7 Å². The molecule has 0 spiro atoms. The summed E-state index contributed by atoms with van der Waals surface area (Å²) in [4.78, 5) is 15.1. The van der Waals surface area contributed by atoms with E-state index < -0.39 is 10.0 Å². The number of para-hydroxylation sites is 1. The van der Waals surface area contributed by atoms with Gasteiger partial charge in [-0.2, -0.15) is 4.31 Å². The highest BCUT2D eigenvalue weighted by atomic mass is 35.5. The second-order valence-electron chi connectivity index (χ2n) is 7.91. The molecule has 4 rings (SSSR count). The quantitative estimate of drug-likeness (QED) is 0.409. The molecule has 1 heterocycles. The number of carbonyl (C=O) groups is 1. The summed E-state index contributed by atoms with van der Waals surface area (Å²) in [6.45, 7) is 1.52. The average molecular weight is 524 g/mol. The Kier molecular flexibility index (Phi) is 7.03. The Morgan fingerprint density at radius 2 is 1.67 bits per heavy atom. The number of benzene rings is 3. The fourth-order valence-corrected chi connectivity index (χ4v) is 5.96. The van der Waals surface area contributed by atoms with Gasteiger partial charge in [-0.15, -0.1) is 0 Å². The van der Waals surface area contributed by atoms with Crippen LogP contribution in [0.15, 0.2) is 71.6 Å². The highest BCUT2D eigenvalue weighted by Gasteiger charge is 2.34. The molecule has 9 heteroatoms. The molecule has 1 aliphatic heterocycles. The number of carbonyl (C=O) groups excluding carboxylic acids is 1. The van der Waals surface area contributed by atoms with Gasteiger partial charge in [0.25, 0.3) is 0 Å². The first-order valence-corrected chi connectivity index (χ1v) is 12.8. The first kappa shape index (κ1) is 24.0. The monoisotopic (exact) mass is 522 g/mol. The lowest BCUT2D eigenvalue weighted by Gasteiger charge is -2.28. The third-order valence-electron chi connectivity index (χ3n) is 5.60. The third-order valence-corrected chi connectivity index (χ3v) is 8.25. The van der Waals surface area contributed by atoms with Crippen LogP contribution < -0.4 is 4.90 Å². The van der Waals surface area contributed by atoms with Crippen LogP contribution in [0.3, 0.4) is 0 Å². The van der Waals surface area contributed by atoms with Crippen LogP contribution in [0.5, 0.6) is 0 Å². The van der Waals surface area contributed by atoms with E-state index in [9.17, 15) is 13.2 Å². The van der Waals surface area contributed by atoms with Crippen molar-refractivity contribution in [2.75, 3.05) is 11.4 Å². The number of sulfonamides is 1. The van der Waals surface area contributed by atoms with Crippen molar-refractivity contribution >= 4 is 56.4 Å². The van der Waals surface area contributed by atoms with Gasteiger partial charge in [0.05, 0.1) is 11.4 Å². The minimum Gasteiger partial charge on any atom is -0.308 e. The molecule has 0 saturated heterocycles. The SMILES string of the molecule is CC1Cc2ccccc2N1C(=O)CN(Cc1ccc(Cl)cc1Cl)S(=O)(=O)c1ccc(Cl)cc1. The third kappa shape index (κ3) is 5.05. The van der Waals surface area contributed by atoms with E-state index >= 15 is 0 Å². The fourth-order valence-electron chi connectivity index (χ4n) is 3.99. The highest BCUT2D eigenvalue weighted by molar-refractivity contribution is 7.89. The zero-order chi connectivity index (χ0) is 23.8. The molecular weight excluding hydrogens is 503 g/mol. The first-order valence-electron chi connectivity index (χ1n) is 10.3. The second kappa shape index (κ2) is 9.65. The highest BCUT2D eigenvalue weighted by Crippen LogP contribution is 2.33. The summed E-state index contributed by atoms with van der Waals surface area (Å²) in [6, 6.07) is 18.3. The molecule has 0 N–H and O–H groups in total. The minimum absolute atomic E-state index is 0.0413. The van der Waals surface area contributed by atoms with Gasteiger partial charge in [0, 0.05) is 33.3 Å². The molecule has 0 saturated carbocycles. The maximum absolute atomic E-state index is 13.5. The van der Waals surface area contributed by atoms with Crippen molar-refractivity contribution < 1.29 is 13.2 Å². The molecule has 1 unspecified atom stereocenters. The lowest BCUT2D eigenvalue weighted by Crippen LogP contribution is -2.44. The lowest BCUT2D eigenvalue weighted by molar-refractivity contribution is -0.119. The van der Waals surface area contributed by atoms with Crippen LogP contribution in [-0.4, -0.2) is 31.2 Å². The number of halogens is 3. The zero-order valence-electron chi connectivity index (χ0n) is 17.7.